The molecule has 0 aliphatic rings. The summed E-state index contributed by atoms with van der Waals surface area (Å²) >= 11 is 0. The second kappa shape index (κ2) is 5.55. The van der Waals surface area contributed by atoms with Crippen LogP contribution in [0.2, 0.25) is 0 Å². The van der Waals surface area contributed by atoms with Crippen molar-refractivity contribution in [3.05, 3.63) is 58.8 Å². The Bertz CT molecular complexity index is 664. The summed E-state index contributed by atoms with van der Waals surface area (Å²) in [5, 5.41) is 2.48. The number of carbonyl (C=O) groups excluding carboxylic acids is 1. The highest BCUT2D eigenvalue weighted by atomic mass is 19.4. The first-order chi connectivity index (χ1) is 9.77. The third-order valence-corrected chi connectivity index (χ3v) is 2.96. The van der Waals surface area contributed by atoms with Gasteiger partial charge in [0.05, 0.1) is 5.56 Å². The van der Waals surface area contributed by atoms with E-state index < -0.39 is 17.6 Å². The normalized spacial score (nSPS) is 11.3. The molecule has 1 N–H and O–H groups in total. The van der Waals surface area contributed by atoms with Crippen molar-refractivity contribution in [3.8, 4) is 0 Å². The standard InChI is InChI=1S/C15H13F3N2O/c1-9-3-5-12(10(2)7-9)14(21)20-13-6-4-11(8-19-13)15(16,17)18/h3-8H,1-2H3,(H,19,20,21). The van der Waals surface area contributed by atoms with E-state index >= 15 is 0 Å². The molecule has 2 rings (SSSR count). The van der Waals surface area contributed by atoms with Crippen LogP contribution in [0.3, 0.4) is 0 Å². The highest BCUT2D eigenvalue weighted by Crippen LogP contribution is 2.28. The van der Waals surface area contributed by atoms with Gasteiger partial charge in [-0.05, 0) is 37.6 Å². The zero-order chi connectivity index (χ0) is 15.6. The first-order valence-corrected chi connectivity index (χ1v) is 6.19. The second-order valence-corrected chi connectivity index (χ2v) is 4.70. The van der Waals surface area contributed by atoms with E-state index in [9.17, 15) is 18.0 Å². The molecular weight excluding hydrogens is 281 g/mol. The molecule has 0 fully saturated rings. The maximum Gasteiger partial charge on any atom is 0.417 e. The van der Waals surface area contributed by atoms with Gasteiger partial charge >= 0.3 is 6.18 Å². The predicted octanol–water partition coefficient (Wildman–Crippen LogP) is 3.97. The highest BCUT2D eigenvalue weighted by Gasteiger charge is 2.30. The fourth-order valence-electron chi connectivity index (χ4n) is 1.89. The van der Waals surface area contributed by atoms with Gasteiger partial charge in [-0.2, -0.15) is 13.2 Å². The van der Waals surface area contributed by atoms with Crippen LogP contribution in [-0.2, 0) is 6.18 Å². The molecule has 0 unspecified atom stereocenters. The molecule has 6 heteroatoms. The quantitative estimate of drug-likeness (QED) is 0.910. The van der Waals surface area contributed by atoms with Crippen molar-refractivity contribution < 1.29 is 18.0 Å². The van der Waals surface area contributed by atoms with E-state index in [0.717, 1.165) is 23.3 Å². The number of hydrogen-bond acceptors (Lipinski definition) is 2. The number of nitrogens with one attached hydrogen (secondary N) is 1. The maximum absolute atomic E-state index is 12.4. The van der Waals surface area contributed by atoms with Crippen molar-refractivity contribution >= 4 is 11.7 Å². The molecule has 0 spiro atoms. The highest BCUT2D eigenvalue weighted by molar-refractivity contribution is 6.04. The number of rotatable bonds is 2. The van der Waals surface area contributed by atoms with Gasteiger partial charge in [0.25, 0.3) is 5.91 Å². The van der Waals surface area contributed by atoms with E-state index in [0.29, 0.717) is 11.8 Å². The van der Waals surface area contributed by atoms with Crippen LogP contribution in [0.25, 0.3) is 0 Å². The van der Waals surface area contributed by atoms with Crippen LogP contribution >= 0.6 is 0 Å². The number of carbonyl (C=O) groups is 1. The van der Waals surface area contributed by atoms with E-state index in [4.69, 9.17) is 0 Å². The third kappa shape index (κ3) is 3.59. The van der Waals surface area contributed by atoms with E-state index in [2.05, 4.69) is 10.3 Å². The molecule has 0 saturated heterocycles. The average molecular weight is 294 g/mol. The molecule has 0 aliphatic heterocycles. The van der Waals surface area contributed by atoms with E-state index in [1.54, 1.807) is 19.1 Å². The Hall–Kier alpha value is -2.37. The fourth-order valence-corrected chi connectivity index (χ4v) is 1.89. The molecule has 1 aromatic heterocycles. The molecule has 21 heavy (non-hydrogen) atoms. The number of amides is 1. The molecule has 0 aliphatic carbocycles. The van der Waals surface area contributed by atoms with Crippen LogP contribution in [-0.4, -0.2) is 10.9 Å². The van der Waals surface area contributed by atoms with Gasteiger partial charge in [-0.3, -0.25) is 4.79 Å². The molecule has 1 amide bonds. The van der Waals surface area contributed by atoms with E-state index in [1.165, 1.54) is 0 Å². The minimum absolute atomic E-state index is 0.0768. The Labute approximate surface area is 119 Å². The lowest BCUT2D eigenvalue weighted by atomic mass is 10.1. The number of halogens is 3. The van der Waals surface area contributed by atoms with Crippen molar-refractivity contribution in [2.45, 2.75) is 20.0 Å². The minimum Gasteiger partial charge on any atom is -0.307 e. The monoisotopic (exact) mass is 294 g/mol. The summed E-state index contributed by atoms with van der Waals surface area (Å²) in [6.07, 6.45) is -3.75. The predicted molar refractivity (Wildman–Crippen MR) is 73.1 cm³/mol. The van der Waals surface area contributed by atoms with Gasteiger partial charge in [-0.25, -0.2) is 4.98 Å². The smallest absolute Gasteiger partial charge is 0.307 e. The number of alkyl halides is 3. The Balaban J connectivity index is 2.16. The van der Waals surface area contributed by atoms with Crippen LogP contribution in [0.15, 0.2) is 36.5 Å². The summed E-state index contributed by atoms with van der Waals surface area (Å²) in [6.45, 7) is 3.70. The molecule has 0 atom stereocenters. The first kappa shape index (κ1) is 15.0. The SMILES string of the molecule is Cc1ccc(C(=O)Nc2ccc(C(F)(F)F)cn2)c(C)c1. The maximum atomic E-state index is 12.4. The first-order valence-electron chi connectivity index (χ1n) is 6.19. The van der Waals surface area contributed by atoms with Crippen LogP contribution in [0.1, 0.15) is 27.0 Å². The third-order valence-electron chi connectivity index (χ3n) is 2.96. The van der Waals surface area contributed by atoms with Crippen LogP contribution in [0, 0.1) is 13.8 Å². The zero-order valence-electron chi connectivity index (χ0n) is 11.5. The lowest BCUT2D eigenvalue weighted by Gasteiger charge is -2.09. The fraction of sp³-hybridized carbons (Fsp3) is 0.200. The number of pyridine rings is 1. The summed E-state index contributed by atoms with van der Waals surface area (Å²) in [7, 11) is 0. The summed E-state index contributed by atoms with van der Waals surface area (Å²) < 4.78 is 37.2. The molecule has 2 aromatic rings. The zero-order valence-corrected chi connectivity index (χ0v) is 11.5. The summed E-state index contributed by atoms with van der Waals surface area (Å²) in [6, 6.07) is 7.33. The molecule has 0 saturated carbocycles. The molecular formula is C15H13F3N2O. The van der Waals surface area contributed by atoms with Gasteiger partial charge < -0.3 is 5.32 Å². The molecule has 110 valence electrons. The average Bonchev–Trinajstić information content (AvgIpc) is 2.38. The Morgan fingerprint density at radius 1 is 1.14 bits per heavy atom. The van der Waals surface area contributed by atoms with Gasteiger partial charge in [-0.15, -0.1) is 0 Å². The van der Waals surface area contributed by atoms with Gasteiger partial charge in [-0.1, -0.05) is 17.7 Å². The Morgan fingerprint density at radius 3 is 2.38 bits per heavy atom. The molecule has 0 radical (unpaired) electrons. The van der Waals surface area contributed by atoms with Gasteiger partial charge in [0.1, 0.15) is 5.82 Å². The van der Waals surface area contributed by atoms with Crippen molar-refractivity contribution in [2.24, 2.45) is 0 Å². The second-order valence-electron chi connectivity index (χ2n) is 4.70. The van der Waals surface area contributed by atoms with E-state index in [1.807, 2.05) is 13.0 Å². The number of benzene rings is 1. The van der Waals surface area contributed by atoms with Gasteiger partial charge in [0.15, 0.2) is 0 Å². The van der Waals surface area contributed by atoms with Crippen LogP contribution in [0.5, 0.6) is 0 Å². The number of anilines is 1. The number of nitrogens with zero attached hydrogens (tertiary/aromatic N) is 1. The molecule has 3 nitrogen and oxygen atoms in total. The topological polar surface area (TPSA) is 42.0 Å². The van der Waals surface area contributed by atoms with Crippen LogP contribution in [0.4, 0.5) is 19.0 Å². The number of hydrogen-bond donors (Lipinski definition) is 1. The van der Waals surface area contributed by atoms with Crippen molar-refractivity contribution in [1.82, 2.24) is 4.98 Å². The summed E-state index contributed by atoms with van der Waals surface area (Å²) in [5.74, 6) is -0.326. The molecule has 0 bridgehead atoms. The van der Waals surface area contributed by atoms with Gasteiger partial charge in [0.2, 0.25) is 0 Å². The summed E-state index contributed by atoms with van der Waals surface area (Å²) in [4.78, 5) is 15.7. The van der Waals surface area contributed by atoms with Crippen molar-refractivity contribution in [1.29, 1.82) is 0 Å². The summed E-state index contributed by atoms with van der Waals surface area (Å²) in [5.41, 5.74) is 1.42. The Kier molecular flexibility index (Phi) is 3.97. The molecule has 1 heterocycles. The Morgan fingerprint density at radius 2 is 1.86 bits per heavy atom. The van der Waals surface area contributed by atoms with Crippen molar-refractivity contribution in [2.75, 3.05) is 5.32 Å². The van der Waals surface area contributed by atoms with Crippen molar-refractivity contribution in [3.63, 3.8) is 0 Å². The van der Waals surface area contributed by atoms with Gasteiger partial charge in [0, 0.05) is 11.8 Å². The van der Waals surface area contributed by atoms with Crippen LogP contribution < -0.4 is 5.32 Å². The van der Waals surface area contributed by atoms with E-state index in [-0.39, 0.29) is 5.82 Å². The number of aryl methyl sites for hydroxylation is 2. The number of aromatic nitrogens is 1. The molecule has 1 aromatic carbocycles. The lowest BCUT2D eigenvalue weighted by Crippen LogP contribution is -2.15. The minimum atomic E-state index is -4.44. The largest absolute Gasteiger partial charge is 0.417 e. The lowest BCUT2D eigenvalue weighted by molar-refractivity contribution is -0.137.